The highest BCUT2D eigenvalue weighted by atomic mass is 28.3. The SMILES string of the molecule is CCOC(=O)C(CC#C[Si](C)(C)C)(CC(=O)c1ccccc1)C(=O)OCC. The first-order valence-corrected chi connectivity index (χ1v) is 12.6. The molecule has 0 aliphatic rings. The topological polar surface area (TPSA) is 69.7 Å². The van der Waals surface area contributed by atoms with Crippen molar-refractivity contribution in [1.29, 1.82) is 0 Å². The first-order valence-electron chi connectivity index (χ1n) is 9.09. The average Bonchev–Trinajstić information content (AvgIpc) is 2.60. The first kappa shape index (κ1) is 22.6. The second-order valence-corrected chi connectivity index (χ2v) is 12.0. The van der Waals surface area contributed by atoms with Crippen molar-refractivity contribution in [2.75, 3.05) is 13.2 Å². The Hall–Kier alpha value is -2.39. The lowest BCUT2D eigenvalue weighted by atomic mass is 9.78. The van der Waals surface area contributed by atoms with Gasteiger partial charge in [-0.15, -0.1) is 11.5 Å². The van der Waals surface area contributed by atoms with Gasteiger partial charge in [0, 0.05) is 18.4 Å². The second-order valence-electron chi connectivity index (χ2n) is 7.22. The quantitative estimate of drug-likeness (QED) is 0.224. The number of hydrogen-bond acceptors (Lipinski definition) is 5. The predicted molar refractivity (Wildman–Crippen MR) is 107 cm³/mol. The van der Waals surface area contributed by atoms with E-state index in [1.54, 1.807) is 44.2 Å². The maximum Gasteiger partial charge on any atom is 0.324 e. The van der Waals surface area contributed by atoms with E-state index in [1.807, 2.05) is 0 Å². The largest absolute Gasteiger partial charge is 0.465 e. The molecule has 146 valence electrons. The molecular formula is C21H28O5Si. The maximum atomic E-state index is 12.8. The molecule has 0 aromatic heterocycles. The van der Waals surface area contributed by atoms with Crippen molar-refractivity contribution in [2.45, 2.75) is 46.3 Å². The van der Waals surface area contributed by atoms with E-state index in [0.29, 0.717) is 5.56 Å². The molecule has 0 radical (unpaired) electrons. The molecule has 0 saturated carbocycles. The van der Waals surface area contributed by atoms with Crippen LogP contribution in [-0.4, -0.2) is 39.0 Å². The Morgan fingerprint density at radius 2 is 1.48 bits per heavy atom. The summed E-state index contributed by atoms with van der Waals surface area (Å²) in [5.41, 5.74) is 1.81. The third kappa shape index (κ3) is 6.68. The number of ketones is 1. The summed E-state index contributed by atoms with van der Waals surface area (Å²) in [7, 11) is -1.72. The van der Waals surface area contributed by atoms with Crippen molar-refractivity contribution in [1.82, 2.24) is 0 Å². The summed E-state index contributed by atoms with van der Waals surface area (Å²) in [6, 6.07) is 8.55. The molecule has 5 nitrogen and oxygen atoms in total. The van der Waals surface area contributed by atoms with Gasteiger partial charge in [-0.3, -0.25) is 14.4 Å². The molecule has 0 spiro atoms. The van der Waals surface area contributed by atoms with E-state index >= 15 is 0 Å². The van der Waals surface area contributed by atoms with Gasteiger partial charge >= 0.3 is 11.9 Å². The standard InChI is InChI=1S/C21H28O5Si/c1-6-25-19(23)21(20(24)26-7-2,14-11-15-27(3,4)5)16-18(22)17-12-9-8-10-13-17/h8-10,12-13H,6-7,14,16H2,1-5H3. The Morgan fingerprint density at radius 3 is 1.93 bits per heavy atom. The molecule has 0 unspecified atom stereocenters. The Bertz CT molecular complexity index is 704. The third-order valence-corrected chi connectivity index (χ3v) is 4.67. The fraction of sp³-hybridized carbons (Fsp3) is 0.476. The normalized spacial score (nSPS) is 11.1. The molecule has 1 aromatic carbocycles. The first-order chi connectivity index (χ1) is 12.7. The molecule has 0 amide bonds. The molecule has 1 aromatic rings. The fourth-order valence-electron chi connectivity index (χ4n) is 2.43. The van der Waals surface area contributed by atoms with Crippen LogP contribution in [0.3, 0.4) is 0 Å². The van der Waals surface area contributed by atoms with Crippen molar-refractivity contribution in [3.63, 3.8) is 0 Å². The highest BCUT2D eigenvalue weighted by Crippen LogP contribution is 2.32. The average molecular weight is 389 g/mol. The van der Waals surface area contributed by atoms with Crippen LogP contribution in [0, 0.1) is 16.9 Å². The lowest BCUT2D eigenvalue weighted by Crippen LogP contribution is -2.43. The lowest BCUT2D eigenvalue weighted by molar-refractivity contribution is -0.171. The van der Waals surface area contributed by atoms with E-state index in [-0.39, 0.29) is 31.8 Å². The Morgan fingerprint density at radius 1 is 0.963 bits per heavy atom. The predicted octanol–water partition coefficient (Wildman–Crippen LogP) is 3.64. The minimum atomic E-state index is -1.76. The van der Waals surface area contributed by atoms with Crippen LogP contribution in [0.5, 0.6) is 0 Å². The molecule has 27 heavy (non-hydrogen) atoms. The van der Waals surface area contributed by atoms with Crippen molar-refractivity contribution < 1.29 is 23.9 Å². The van der Waals surface area contributed by atoms with Gasteiger partial charge in [-0.25, -0.2) is 0 Å². The van der Waals surface area contributed by atoms with Gasteiger partial charge in [-0.05, 0) is 13.8 Å². The summed E-state index contributed by atoms with van der Waals surface area (Å²) >= 11 is 0. The molecule has 0 saturated heterocycles. The number of benzene rings is 1. The van der Waals surface area contributed by atoms with Gasteiger partial charge < -0.3 is 9.47 Å². The number of ether oxygens (including phenoxy) is 2. The zero-order valence-corrected chi connectivity index (χ0v) is 17.8. The van der Waals surface area contributed by atoms with Crippen LogP contribution in [0.4, 0.5) is 0 Å². The zero-order chi connectivity index (χ0) is 20.5. The summed E-state index contributed by atoms with van der Waals surface area (Å²) in [5.74, 6) is 1.10. The van der Waals surface area contributed by atoms with Crippen LogP contribution < -0.4 is 0 Å². The van der Waals surface area contributed by atoms with Crippen molar-refractivity contribution in [2.24, 2.45) is 5.41 Å². The lowest BCUT2D eigenvalue weighted by Gasteiger charge is -2.27. The summed E-state index contributed by atoms with van der Waals surface area (Å²) in [6.07, 6.45) is -0.442. The third-order valence-electron chi connectivity index (χ3n) is 3.74. The molecule has 0 fully saturated rings. The highest BCUT2D eigenvalue weighted by Gasteiger charge is 2.50. The Kier molecular flexibility index (Phi) is 8.45. The van der Waals surface area contributed by atoms with Crippen molar-refractivity contribution in [3.05, 3.63) is 35.9 Å². The van der Waals surface area contributed by atoms with Gasteiger partial charge in [0.2, 0.25) is 0 Å². The molecule has 0 bridgehead atoms. The monoisotopic (exact) mass is 388 g/mol. The summed E-state index contributed by atoms with van der Waals surface area (Å²) in [4.78, 5) is 38.3. The number of rotatable bonds is 8. The summed E-state index contributed by atoms with van der Waals surface area (Å²) in [5, 5.41) is 0. The van der Waals surface area contributed by atoms with E-state index in [9.17, 15) is 14.4 Å². The van der Waals surface area contributed by atoms with E-state index < -0.39 is 25.4 Å². The number of esters is 2. The Labute approximate surface area is 162 Å². The molecule has 0 aliphatic carbocycles. The second kappa shape index (κ2) is 10.1. The molecule has 0 heterocycles. The van der Waals surface area contributed by atoms with Gasteiger partial charge in [-0.1, -0.05) is 50.0 Å². The molecule has 6 heteroatoms. The Balaban J connectivity index is 3.34. The zero-order valence-electron chi connectivity index (χ0n) is 16.8. The van der Waals surface area contributed by atoms with Crippen LogP contribution in [0.2, 0.25) is 19.6 Å². The molecule has 0 atom stereocenters. The fourth-order valence-corrected chi connectivity index (χ4v) is 3.05. The van der Waals surface area contributed by atoms with E-state index in [2.05, 4.69) is 31.1 Å². The van der Waals surface area contributed by atoms with Crippen LogP contribution in [0.15, 0.2) is 30.3 Å². The van der Waals surface area contributed by atoms with Crippen LogP contribution >= 0.6 is 0 Å². The molecule has 0 aliphatic heterocycles. The van der Waals surface area contributed by atoms with E-state index in [1.165, 1.54) is 0 Å². The summed E-state index contributed by atoms with van der Waals surface area (Å²) in [6.45, 7) is 9.69. The van der Waals surface area contributed by atoms with Gasteiger partial charge in [0.15, 0.2) is 11.2 Å². The van der Waals surface area contributed by atoms with Crippen LogP contribution in [-0.2, 0) is 19.1 Å². The van der Waals surface area contributed by atoms with Gasteiger partial charge in [0.05, 0.1) is 13.2 Å². The molecule has 0 N–H and O–H groups in total. The number of hydrogen-bond donors (Lipinski definition) is 0. The maximum absolute atomic E-state index is 12.8. The number of carbonyl (C=O) groups excluding carboxylic acids is 3. The highest BCUT2D eigenvalue weighted by molar-refractivity contribution is 6.83. The molecule has 1 rings (SSSR count). The van der Waals surface area contributed by atoms with Crippen molar-refractivity contribution in [3.8, 4) is 11.5 Å². The van der Waals surface area contributed by atoms with E-state index in [4.69, 9.17) is 9.47 Å². The van der Waals surface area contributed by atoms with Gasteiger partial charge in [-0.2, -0.15) is 0 Å². The van der Waals surface area contributed by atoms with Gasteiger partial charge in [0.25, 0.3) is 0 Å². The van der Waals surface area contributed by atoms with Crippen LogP contribution in [0.1, 0.15) is 37.0 Å². The smallest absolute Gasteiger partial charge is 0.324 e. The molecular weight excluding hydrogens is 360 g/mol. The number of carbonyl (C=O) groups is 3. The van der Waals surface area contributed by atoms with Gasteiger partial charge in [0.1, 0.15) is 8.07 Å². The van der Waals surface area contributed by atoms with E-state index in [0.717, 1.165) is 0 Å². The minimum Gasteiger partial charge on any atom is -0.465 e. The van der Waals surface area contributed by atoms with Crippen LogP contribution in [0.25, 0.3) is 0 Å². The number of Topliss-reactive ketones (excluding diaryl/α,β-unsaturated/α-hetero) is 1. The summed E-state index contributed by atoms with van der Waals surface area (Å²) < 4.78 is 10.3. The van der Waals surface area contributed by atoms with Crippen molar-refractivity contribution >= 4 is 25.8 Å². The minimum absolute atomic E-state index is 0.0982.